The van der Waals surface area contributed by atoms with Crippen LogP contribution in [0.25, 0.3) is 0 Å². The minimum atomic E-state index is -0.504. The number of nitro benzene ring substituents is 1. The molecule has 3 atom stereocenters. The van der Waals surface area contributed by atoms with Gasteiger partial charge in [-0.15, -0.1) is 0 Å². The van der Waals surface area contributed by atoms with Crippen molar-refractivity contribution < 1.29 is 38.1 Å². The second-order valence-electron chi connectivity index (χ2n) is 10.5. The molecule has 44 heavy (non-hydrogen) atoms. The van der Waals surface area contributed by atoms with Crippen molar-refractivity contribution in [2.45, 2.75) is 51.4 Å². The van der Waals surface area contributed by atoms with Gasteiger partial charge in [-0.3, -0.25) is 10.1 Å². The highest BCUT2D eigenvalue weighted by atomic mass is 16.6. The van der Waals surface area contributed by atoms with Crippen molar-refractivity contribution in [1.29, 1.82) is 0 Å². The summed E-state index contributed by atoms with van der Waals surface area (Å²) in [5, 5.41) is 24.9. The first kappa shape index (κ1) is 30.7. The Morgan fingerprint density at radius 2 is 1.75 bits per heavy atom. The third-order valence-corrected chi connectivity index (χ3v) is 7.95. The van der Waals surface area contributed by atoms with Crippen LogP contribution in [0.15, 0.2) is 60.4 Å². The molecule has 1 aromatic heterocycles. The van der Waals surface area contributed by atoms with Crippen molar-refractivity contribution >= 4 is 11.9 Å². The van der Waals surface area contributed by atoms with Crippen LogP contribution in [0, 0.1) is 21.2 Å². The zero-order valence-corrected chi connectivity index (χ0v) is 25.3. The number of nitrogens with zero attached hydrogens (tertiary/aromatic N) is 3. The van der Waals surface area contributed by atoms with E-state index in [1.165, 1.54) is 26.4 Å². The van der Waals surface area contributed by atoms with E-state index in [4.69, 9.17) is 28.4 Å². The number of rotatable bonds is 13. The molecule has 234 valence electrons. The molecule has 5 rings (SSSR count). The number of hydrogen-bond acceptors (Lipinski definition) is 9. The van der Waals surface area contributed by atoms with E-state index in [1.54, 1.807) is 37.6 Å². The Bertz CT molecular complexity index is 1550. The van der Waals surface area contributed by atoms with Gasteiger partial charge in [0.2, 0.25) is 12.0 Å². The van der Waals surface area contributed by atoms with Crippen LogP contribution in [0.5, 0.6) is 34.5 Å². The van der Waals surface area contributed by atoms with Gasteiger partial charge in [0.05, 0.1) is 50.9 Å². The largest absolute Gasteiger partial charge is 0.618 e. The molecule has 0 bridgehead atoms. The van der Waals surface area contributed by atoms with Gasteiger partial charge < -0.3 is 38.2 Å². The Morgan fingerprint density at radius 1 is 1.00 bits per heavy atom. The van der Waals surface area contributed by atoms with Crippen LogP contribution < -0.4 is 23.7 Å². The fraction of sp³-hybridized carbons (Fsp3) is 0.406. The maximum Gasteiger partial charge on any atom is 0.315 e. The van der Waals surface area contributed by atoms with E-state index in [-0.39, 0.29) is 29.6 Å². The number of hydrogen-bond donors (Lipinski definition) is 0. The van der Waals surface area contributed by atoms with Gasteiger partial charge in [0.15, 0.2) is 17.2 Å². The molecule has 2 aliphatic rings. The first-order valence-electron chi connectivity index (χ1n) is 14.6. The van der Waals surface area contributed by atoms with Crippen LogP contribution in [0.1, 0.15) is 38.3 Å². The lowest BCUT2D eigenvalue weighted by molar-refractivity contribution is -0.409. The molecule has 0 radical (unpaired) electrons. The summed E-state index contributed by atoms with van der Waals surface area (Å²) in [6.07, 6.45) is 7.94. The molecular weight excluding hydrogens is 570 g/mol. The molecule has 0 fully saturated rings. The second-order valence-corrected chi connectivity index (χ2v) is 10.5. The molecule has 0 saturated heterocycles. The van der Waals surface area contributed by atoms with Gasteiger partial charge in [-0.1, -0.05) is 6.92 Å². The Labute approximate surface area is 255 Å². The van der Waals surface area contributed by atoms with Crippen LogP contribution in [0.4, 0.5) is 5.69 Å². The number of methoxy groups -OCH3 is 3. The average Bonchev–Trinajstić information content (AvgIpc) is 3.35. The van der Waals surface area contributed by atoms with Gasteiger partial charge in [-0.2, -0.15) is 4.74 Å². The molecule has 1 aliphatic heterocycles. The van der Waals surface area contributed by atoms with Crippen molar-refractivity contribution in [1.82, 2.24) is 4.57 Å². The Balaban J connectivity index is 1.22. The monoisotopic (exact) mass is 607 g/mol. The van der Waals surface area contributed by atoms with Crippen molar-refractivity contribution in [2.75, 3.05) is 27.9 Å². The minimum absolute atomic E-state index is 0.0728. The Morgan fingerprint density at radius 3 is 2.48 bits per heavy atom. The number of aromatic nitrogens is 1. The first-order chi connectivity index (χ1) is 21.3. The fourth-order valence-electron chi connectivity index (χ4n) is 5.63. The van der Waals surface area contributed by atoms with Crippen molar-refractivity contribution in [2.24, 2.45) is 5.92 Å². The van der Waals surface area contributed by atoms with Gasteiger partial charge >= 0.3 is 5.69 Å². The number of benzene rings is 2. The van der Waals surface area contributed by atoms with E-state index in [0.29, 0.717) is 60.4 Å². The molecule has 0 N–H and O–H groups in total. The Kier molecular flexibility index (Phi) is 9.59. The highest BCUT2D eigenvalue weighted by molar-refractivity contribution is 5.78. The highest BCUT2D eigenvalue weighted by Gasteiger charge is 2.37. The smallest absolute Gasteiger partial charge is 0.315 e. The van der Waals surface area contributed by atoms with Crippen LogP contribution in [-0.4, -0.2) is 60.6 Å². The number of ether oxygens (including phenoxy) is 6. The molecule has 12 nitrogen and oxygen atoms in total. The van der Waals surface area contributed by atoms with Crippen LogP contribution in [0.2, 0.25) is 0 Å². The Hall–Kier alpha value is -4.71. The van der Waals surface area contributed by atoms with Crippen LogP contribution >= 0.6 is 0 Å². The zero-order chi connectivity index (χ0) is 31.2. The maximum absolute atomic E-state index is 13.0. The van der Waals surface area contributed by atoms with Crippen LogP contribution in [-0.2, 0) is 11.3 Å². The quantitative estimate of drug-likeness (QED) is 0.0982. The number of hydroxylamine groups is 1. The molecule has 2 heterocycles. The van der Waals surface area contributed by atoms with E-state index in [9.17, 15) is 15.3 Å². The lowest BCUT2D eigenvalue weighted by Crippen LogP contribution is -2.34. The summed E-state index contributed by atoms with van der Waals surface area (Å²) in [5.74, 6) is 2.32. The summed E-state index contributed by atoms with van der Waals surface area (Å²) in [7, 11) is 4.62. The van der Waals surface area contributed by atoms with Crippen molar-refractivity contribution in [3.63, 3.8) is 0 Å². The number of allylic oxidation sites excluding steroid dienone is 1. The standard InChI is InChI=1S/C32H37N3O9/c1-5-21(14-16-42-28-8-6-7-25-24(28)19-33-15-13-29(39-2)27(33)20-34(25)36)43-22-9-11-30(26(17-22)35(37)38)44-23-10-12-31(40-3)32(18-23)41-4/h7,9-13,15,17-18,20-21,24,28H,5-6,8,14,16,19H2,1-4H3/t21?,24-,28?/m0/s1. The van der Waals surface area contributed by atoms with Crippen molar-refractivity contribution in [3.8, 4) is 34.5 Å². The fourth-order valence-corrected chi connectivity index (χ4v) is 5.63. The topological polar surface area (TPSA) is 130 Å². The van der Waals surface area contributed by atoms with E-state index in [1.807, 2.05) is 29.8 Å². The number of nitro groups is 1. The molecule has 2 unspecified atom stereocenters. The van der Waals surface area contributed by atoms with Gasteiger partial charge in [0.1, 0.15) is 29.0 Å². The van der Waals surface area contributed by atoms with Gasteiger partial charge in [0.25, 0.3) is 0 Å². The molecule has 0 amide bonds. The molecule has 3 aromatic rings. The van der Waals surface area contributed by atoms with Crippen LogP contribution in [0.3, 0.4) is 0 Å². The molecular formula is C32H37N3O9. The normalized spacial score (nSPS) is 18.1. The summed E-state index contributed by atoms with van der Waals surface area (Å²) in [6.45, 7) is 3.02. The minimum Gasteiger partial charge on any atom is -0.618 e. The molecule has 2 aromatic carbocycles. The third kappa shape index (κ3) is 6.60. The molecule has 0 spiro atoms. The summed E-state index contributed by atoms with van der Waals surface area (Å²) < 4.78 is 37.3. The lowest BCUT2D eigenvalue weighted by Gasteiger charge is -2.30. The highest BCUT2D eigenvalue weighted by Crippen LogP contribution is 2.38. The molecule has 0 saturated carbocycles. The second kappa shape index (κ2) is 13.7. The summed E-state index contributed by atoms with van der Waals surface area (Å²) in [4.78, 5) is 11.4. The van der Waals surface area contributed by atoms with Crippen molar-refractivity contribution in [3.05, 3.63) is 81.4 Å². The third-order valence-electron chi connectivity index (χ3n) is 7.95. The summed E-state index contributed by atoms with van der Waals surface area (Å²) in [5.41, 5.74) is 1.22. The van der Waals surface area contributed by atoms with E-state index in [2.05, 4.69) is 0 Å². The number of fused-ring (bicyclic) bond motifs is 2. The molecule has 1 aliphatic carbocycles. The lowest BCUT2D eigenvalue weighted by atomic mass is 9.89. The maximum atomic E-state index is 13.0. The van der Waals surface area contributed by atoms with Gasteiger partial charge in [-0.05, 0) is 55.7 Å². The molecule has 12 heteroatoms. The van der Waals surface area contributed by atoms with E-state index >= 15 is 0 Å². The van der Waals surface area contributed by atoms with E-state index < -0.39 is 4.92 Å². The van der Waals surface area contributed by atoms with Gasteiger partial charge in [-0.25, -0.2) is 0 Å². The zero-order valence-electron chi connectivity index (χ0n) is 25.3. The average molecular weight is 608 g/mol. The van der Waals surface area contributed by atoms with E-state index in [0.717, 1.165) is 23.3 Å². The summed E-state index contributed by atoms with van der Waals surface area (Å²) in [6, 6.07) is 11.3. The SMILES string of the molecule is CCC(CCOC1CCC=C2[C@@H]1Cn1ccc(OC)c1C=[N+]2[O-])Oc1ccc(Oc2ccc(OC)c(OC)c2)c([N+](=O)[O-])c1. The van der Waals surface area contributed by atoms with Gasteiger partial charge in [0, 0.05) is 25.2 Å². The summed E-state index contributed by atoms with van der Waals surface area (Å²) >= 11 is 0. The predicted octanol–water partition coefficient (Wildman–Crippen LogP) is 6.08. The predicted molar refractivity (Wildman–Crippen MR) is 162 cm³/mol. The first-order valence-corrected chi connectivity index (χ1v) is 14.6.